The lowest BCUT2D eigenvalue weighted by Crippen LogP contribution is -2.29. The molecule has 0 aliphatic heterocycles. The molecular weight excluding hydrogens is 246 g/mol. The van der Waals surface area contributed by atoms with Gasteiger partial charge in [0, 0.05) is 18.3 Å². The molecule has 0 aromatic carbocycles. The molecular formula is C17H29N3. The SMILES string of the molecule is Cc1cn(C2CCCC2)c(NC(C)C2CCCCC2)n1. The van der Waals surface area contributed by atoms with E-state index in [1.54, 1.807) is 0 Å². The van der Waals surface area contributed by atoms with Gasteiger partial charge < -0.3 is 9.88 Å². The Labute approximate surface area is 123 Å². The highest BCUT2D eigenvalue weighted by Gasteiger charge is 2.24. The molecule has 0 radical (unpaired) electrons. The van der Waals surface area contributed by atoms with Crippen LogP contribution in [0.25, 0.3) is 0 Å². The first-order valence-corrected chi connectivity index (χ1v) is 8.56. The normalized spacial score (nSPS) is 23.1. The lowest BCUT2D eigenvalue weighted by molar-refractivity contribution is 0.326. The Morgan fingerprint density at radius 1 is 1.10 bits per heavy atom. The lowest BCUT2D eigenvalue weighted by atomic mass is 9.85. The Morgan fingerprint density at radius 3 is 2.45 bits per heavy atom. The second-order valence-corrected chi connectivity index (χ2v) is 6.88. The molecule has 0 saturated heterocycles. The summed E-state index contributed by atoms with van der Waals surface area (Å²) in [5.41, 5.74) is 1.15. The van der Waals surface area contributed by atoms with Crippen molar-refractivity contribution in [2.75, 3.05) is 5.32 Å². The zero-order valence-corrected chi connectivity index (χ0v) is 13.1. The minimum Gasteiger partial charge on any atom is -0.353 e. The molecule has 112 valence electrons. The maximum absolute atomic E-state index is 4.74. The Kier molecular flexibility index (Phi) is 4.32. The van der Waals surface area contributed by atoms with Crippen LogP contribution in [0.15, 0.2) is 6.20 Å². The quantitative estimate of drug-likeness (QED) is 0.864. The maximum Gasteiger partial charge on any atom is 0.203 e. The van der Waals surface area contributed by atoms with Gasteiger partial charge >= 0.3 is 0 Å². The van der Waals surface area contributed by atoms with Gasteiger partial charge in [0.1, 0.15) is 0 Å². The molecule has 0 amide bonds. The lowest BCUT2D eigenvalue weighted by Gasteiger charge is -2.29. The van der Waals surface area contributed by atoms with Crippen LogP contribution < -0.4 is 5.32 Å². The van der Waals surface area contributed by atoms with Crippen molar-refractivity contribution in [3.05, 3.63) is 11.9 Å². The second kappa shape index (κ2) is 6.19. The van der Waals surface area contributed by atoms with Gasteiger partial charge in [-0.1, -0.05) is 32.1 Å². The summed E-state index contributed by atoms with van der Waals surface area (Å²) in [7, 11) is 0. The molecule has 2 saturated carbocycles. The average molecular weight is 275 g/mol. The van der Waals surface area contributed by atoms with E-state index in [2.05, 4.69) is 29.9 Å². The molecule has 1 heterocycles. The predicted octanol–water partition coefficient (Wildman–Crippen LogP) is 4.69. The van der Waals surface area contributed by atoms with Crippen molar-refractivity contribution in [2.45, 2.75) is 83.7 Å². The van der Waals surface area contributed by atoms with Crippen molar-refractivity contribution in [2.24, 2.45) is 5.92 Å². The van der Waals surface area contributed by atoms with E-state index in [0.717, 1.165) is 17.6 Å². The Balaban J connectivity index is 1.69. The monoisotopic (exact) mass is 275 g/mol. The van der Waals surface area contributed by atoms with Gasteiger partial charge in [-0.15, -0.1) is 0 Å². The van der Waals surface area contributed by atoms with E-state index in [-0.39, 0.29) is 0 Å². The molecule has 2 fully saturated rings. The van der Waals surface area contributed by atoms with Crippen molar-refractivity contribution >= 4 is 5.95 Å². The third-order valence-corrected chi connectivity index (χ3v) is 5.28. The van der Waals surface area contributed by atoms with Crippen LogP contribution in [0.2, 0.25) is 0 Å². The average Bonchev–Trinajstić information content (AvgIpc) is 3.09. The minimum absolute atomic E-state index is 0.553. The van der Waals surface area contributed by atoms with Crippen molar-refractivity contribution in [3.63, 3.8) is 0 Å². The Morgan fingerprint density at radius 2 is 1.75 bits per heavy atom. The zero-order chi connectivity index (χ0) is 13.9. The van der Waals surface area contributed by atoms with Gasteiger partial charge in [-0.05, 0) is 45.4 Å². The van der Waals surface area contributed by atoms with Crippen LogP contribution in [-0.4, -0.2) is 15.6 Å². The molecule has 20 heavy (non-hydrogen) atoms. The number of imidazole rings is 1. The van der Waals surface area contributed by atoms with Crippen LogP contribution in [0.4, 0.5) is 5.95 Å². The van der Waals surface area contributed by atoms with Gasteiger partial charge in [0.25, 0.3) is 0 Å². The molecule has 2 aliphatic rings. The van der Waals surface area contributed by atoms with Crippen molar-refractivity contribution in [1.29, 1.82) is 0 Å². The first-order valence-electron chi connectivity index (χ1n) is 8.56. The number of hydrogen-bond donors (Lipinski definition) is 1. The largest absolute Gasteiger partial charge is 0.353 e. The molecule has 1 N–H and O–H groups in total. The molecule has 0 spiro atoms. The third-order valence-electron chi connectivity index (χ3n) is 5.28. The fraction of sp³-hybridized carbons (Fsp3) is 0.824. The summed E-state index contributed by atoms with van der Waals surface area (Å²) < 4.78 is 2.42. The van der Waals surface area contributed by atoms with Crippen molar-refractivity contribution in [1.82, 2.24) is 9.55 Å². The number of aromatic nitrogens is 2. The molecule has 1 aromatic heterocycles. The number of nitrogens with zero attached hydrogens (tertiary/aromatic N) is 2. The van der Waals surface area contributed by atoms with E-state index in [0.29, 0.717) is 12.1 Å². The summed E-state index contributed by atoms with van der Waals surface area (Å²) in [5.74, 6) is 1.95. The molecule has 3 rings (SSSR count). The number of nitrogens with one attached hydrogen (secondary N) is 1. The second-order valence-electron chi connectivity index (χ2n) is 6.88. The fourth-order valence-corrected chi connectivity index (χ4v) is 4.04. The molecule has 3 nitrogen and oxygen atoms in total. The van der Waals surface area contributed by atoms with E-state index in [9.17, 15) is 0 Å². The molecule has 2 aliphatic carbocycles. The Bertz CT molecular complexity index is 425. The molecule has 1 atom stereocenters. The van der Waals surface area contributed by atoms with Crippen LogP contribution in [0.5, 0.6) is 0 Å². The van der Waals surface area contributed by atoms with Crippen LogP contribution in [0.3, 0.4) is 0 Å². The van der Waals surface area contributed by atoms with Gasteiger partial charge in [0.2, 0.25) is 5.95 Å². The van der Waals surface area contributed by atoms with Crippen LogP contribution in [0, 0.1) is 12.8 Å². The zero-order valence-electron chi connectivity index (χ0n) is 13.1. The van der Waals surface area contributed by atoms with Gasteiger partial charge in [0.05, 0.1) is 5.69 Å². The summed E-state index contributed by atoms with van der Waals surface area (Å²) in [6.07, 6.45) is 14.7. The van der Waals surface area contributed by atoms with E-state index in [1.807, 2.05) is 0 Å². The first-order chi connectivity index (χ1) is 9.74. The van der Waals surface area contributed by atoms with Gasteiger partial charge in [-0.2, -0.15) is 0 Å². The summed E-state index contributed by atoms with van der Waals surface area (Å²) in [6, 6.07) is 1.23. The number of rotatable bonds is 4. The van der Waals surface area contributed by atoms with Crippen molar-refractivity contribution in [3.8, 4) is 0 Å². The van der Waals surface area contributed by atoms with Crippen LogP contribution in [-0.2, 0) is 0 Å². The van der Waals surface area contributed by atoms with Crippen molar-refractivity contribution < 1.29 is 0 Å². The summed E-state index contributed by atoms with van der Waals surface area (Å²) in [4.78, 5) is 4.74. The topological polar surface area (TPSA) is 29.9 Å². The van der Waals surface area contributed by atoms with E-state index in [1.165, 1.54) is 57.8 Å². The summed E-state index contributed by atoms with van der Waals surface area (Å²) in [5, 5.41) is 3.73. The third kappa shape index (κ3) is 3.02. The van der Waals surface area contributed by atoms with Crippen LogP contribution >= 0.6 is 0 Å². The van der Waals surface area contributed by atoms with E-state index >= 15 is 0 Å². The molecule has 3 heteroatoms. The standard InChI is InChI=1S/C17H29N3/c1-13-12-20(16-10-6-7-11-16)17(18-13)19-14(2)15-8-4-3-5-9-15/h12,14-16H,3-11H2,1-2H3,(H,18,19). The van der Waals surface area contributed by atoms with Gasteiger partial charge in [-0.25, -0.2) is 4.98 Å². The minimum atomic E-state index is 0.553. The molecule has 1 unspecified atom stereocenters. The van der Waals surface area contributed by atoms with Gasteiger partial charge in [0.15, 0.2) is 0 Å². The van der Waals surface area contributed by atoms with E-state index in [4.69, 9.17) is 4.98 Å². The fourth-order valence-electron chi connectivity index (χ4n) is 4.04. The molecule has 1 aromatic rings. The highest BCUT2D eigenvalue weighted by molar-refractivity contribution is 5.31. The number of hydrogen-bond acceptors (Lipinski definition) is 2. The smallest absolute Gasteiger partial charge is 0.203 e. The number of aryl methyl sites for hydroxylation is 1. The van der Waals surface area contributed by atoms with Crippen LogP contribution in [0.1, 0.15) is 76.4 Å². The first kappa shape index (κ1) is 14.0. The Hall–Kier alpha value is -0.990. The summed E-state index contributed by atoms with van der Waals surface area (Å²) in [6.45, 7) is 4.46. The molecule has 0 bridgehead atoms. The predicted molar refractivity (Wildman–Crippen MR) is 84.1 cm³/mol. The van der Waals surface area contributed by atoms with Gasteiger partial charge in [-0.3, -0.25) is 0 Å². The highest BCUT2D eigenvalue weighted by atomic mass is 15.2. The number of anilines is 1. The highest BCUT2D eigenvalue weighted by Crippen LogP contribution is 2.33. The maximum atomic E-state index is 4.74. The summed E-state index contributed by atoms with van der Waals surface area (Å²) >= 11 is 0. The van der Waals surface area contributed by atoms with E-state index < -0.39 is 0 Å².